The highest BCUT2D eigenvalue weighted by molar-refractivity contribution is 6.32. The zero-order valence-corrected chi connectivity index (χ0v) is 12.3. The maximum atomic E-state index is 12.0. The van der Waals surface area contributed by atoms with Gasteiger partial charge in [-0.1, -0.05) is 29.8 Å². The summed E-state index contributed by atoms with van der Waals surface area (Å²) >= 11 is 6.09. The van der Waals surface area contributed by atoms with E-state index in [-0.39, 0.29) is 5.91 Å². The smallest absolute Gasteiger partial charge is 0.246 e. The van der Waals surface area contributed by atoms with Crippen molar-refractivity contribution in [1.29, 1.82) is 0 Å². The maximum absolute atomic E-state index is 12.0. The van der Waals surface area contributed by atoms with Crippen molar-refractivity contribution >= 4 is 23.1 Å². The minimum absolute atomic E-state index is 0.0851. The Morgan fingerprint density at radius 3 is 2.68 bits per heavy atom. The molecular weight excluding hydrogens is 262 g/mol. The molecule has 0 radical (unpaired) electrons. The van der Waals surface area contributed by atoms with Crippen LogP contribution in [0.15, 0.2) is 30.3 Å². The van der Waals surface area contributed by atoms with Crippen LogP contribution in [0.5, 0.6) is 0 Å². The summed E-state index contributed by atoms with van der Waals surface area (Å²) in [6.45, 7) is 4.10. The number of hydrogen-bond donors (Lipinski definition) is 1. The van der Waals surface area contributed by atoms with Gasteiger partial charge in [0.1, 0.15) is 0 Å². The first-order valence-corrected chi connectivity index (χ1v) is 6.66. The Bertz CT molecular complexity index is 469. The number of halogens is 1. The SMILES string of the molecule is C/C(=C/C(=O)N(C)CCC(C)O)c1ccccc1Cl. The lowest BCUT2D eigenvalue weighted by atomic mass is 10.1. The van der Waals surface area contributed by atoms with Gasteiger partial charge in [0, 0.05) is 24.7 Å². The quantitative estimate of drug-likeness (QED) is 0.843. The first-order valence-electron chi connectivity index (χ1n) is 6.28. The van der Waals surface area contributed by atoms with Crippen LogP contribution in [0, 0.1) is 0 Å². The number of allylic oxidation sites excluding steroid dienone is 1. The lowest BCUT2D eigenvalue weighted by Gasteiger charge is -2.16. The fourth-order valence-electron chi connectivity index (χ4n) is 1.64. The Kier molecular flexibility index (Phi) is 6.06. The number of amides is 1. The van der Waals surface area contributed by atoms with Gasteiger partial charge >= 0.3 is 0 Å². The van der Waals surface area contributed by atoms with E-state index in [0.717, 1.165) is 11.1 Å². The van der Waals surface area contributed by atoms with E-state index < -0.39 is 6.10 Å². The molecule has 0 bridgehead atoms. The normalized spacial score (nSPS) is 13.2. The molecule has 1 rings (SSSR count). The lowest BCUT2D eigenvalue weighted by Crippen LogP contribution is -2.28. The fraction of sp³-hybridized carbons (Fsp3) is 0.400. The molecule has 1 aromatic carbocycles. The van der Waals surface area contributed by atoms with Crippen molar-refractivity contribution in [3.05, 3.63) is 40.9 Å². The summed E-state index contributed by atoms with van der Waals surface area (Å²) in [7, 11) is 1.72. The minimum atomic E-state index is -0.399. The number of likely N-dealkylation sites (N-methyl/N-ethyl adjacent to an activating group) is 1. The van der Waals surface area contributed by atoms with Crippen LogP contribution in [0.25, 0.3) is 5.57 Å². The van der Waals surface area contributed by atoms with Crippen LogP contribution in [-0.2, 0) is 4.79 Å². The molecule has 0 saturated carbocycles. The second kappa shape index (κ2) is 7.31. The Labute approximate surface area is 119 Å². The molecule has 1 aromatic rings. The van der Waals surface area contributed by atoms with Gasteiger partial charge in [-0.05, 0) is 37.5 Å². The minimum Gasteiger partial charge on any atom is -0.393 e. The standard InChI is InChI=1S/C15H20ClNO2/c1-11(13-6-4-5-7-14(13)16)10-15(19)17(3)9-8-12(2)18/h4-7,10,12,18H,8-9H2,1-3H3/b11-10-. The van der Waals surface area contributed by atoms with Crippen LogP contribution >= 0.6 is 11.6 Å². The fourth-order valence-corrected chi connectivity index (χ4v) is 1.93. The Morgan fingerprint density at radius 1 is 1.47 bits per heavy atom. The highest BCUT2D eigenvalue weighted by atomic mass is 35.5. The second-order valence-corrected chi connectivity index (χ2v) is 5.11. The summed E-state index contributed by atoms with van der Waals surface area (Å²) in [5.41, 5.74) is 1.70. The van der Waals surface area contributed by atoms with E-state index in [9.17, 15) is 9.90 Å². The van der Waals surface area contributed by atoms with E-state index in [1.54, 1.807) is 31.0 Å². The lowest BCUT2D eigenvalue weighted by molar-refractivity contribution is -0.124. The van der Waals surface area contributed by atoms with Crippen LogP contribution < -0.4 is 0 Å². The van der Waals surface area contributed by atoms with Crippen molar-refractivity contribution in [3.8, 4) is 0 Å². The first-order chi connectivity index (χ1) is 8.91. The predicted octanol–water partition coefficient (Wildman–Crippen LogP) is 2.97. The topological polar surface area (TPSA) is 40.5 Å². The van der Waals surface area contributed by atoms with Gasteiger partial charge in [0.25, 0.3) is 0 Å². The summed E-state index contributed by atoms with van der Waals surface area (Å²) in [5.74, 6) is -0.0851. The van der Waals surface area contributed by atoms with Gasteiger partial charge in [0.05, 0.1) is 6.10 Å². The monoisotopic (exact) mass is 281 g/mol. The highest BCUT2D eigenvalue weighted by Crippen LogP contribution is 2.23. The van der Waals surface area contributed by atoms with E-state index in [0.29, 0.717) is 18.0 Å². The van der Waals surface area contributed by atoms with Crippen LogP contribution in [0.4, 0.5) is 0 Å². The third kappa shape index (κ3) is 5.05. The average Bonchev–Trinajstić information content (AvgIpc) is 2.36. The molecule has 0 spiro atoms. The zero-order chi connectivity index (χ0) is 14.4. The number of aliphatic hydroxyl groups excluding tert-OH is 1. The summed E-state index contributed by atoms with van der Waals surface area (Å²) in [5, 5.41) is 9.84. The maximum Gasteiger partial charge on any atom is 0.246 e. The molecule has 0 aliphatic carbocycles. The van der Waals surface area contributed by atoms with Crippen molar-refractivity contribution < 1.29 is 9.90 Å². The summed E-state index contributed by atoms with van der Waals surface area (Å²) in [6, 6.07) is 7.43. The molecule has 1 atom stereocenters. The van der Waals surface area contributed by atoms with E-state index in [2.05, 4.69) is 0 Å². The molecule has 1 unspecified atom stereocenters. The van der Waals surface area contributed by atoms with Crippen molar-refractivity contribution in [2.24, 2.45) is 0 Å². The molecule has 0 saturated heterocycles. The largest absolute Gasteiger partial charge is 0.393 e. The third-order valence-electron chi connectivity index (χ3n) is 2.90. The zero-order valence-electron chi connectivity index (χ0n) is 11.6. The molecule has 0 fully saturated rings. The van der Waals surface area contributed by atoms with E-state index in [1.807, 2.05) is 25.1 Å². The molecule has 104 valence electrons. The molecule has 0 aromatic heterocycles. The van der Waals surface area contributed by atoms with Crippen LogP contribution in [-0.4, -0.2) is 35.6 Å². The Morgan fingerprint density at radius 2 is 2.11 bits per heavy atom. The molecular formula is C15H20ClNO2. The van der Waals surface area contributed by atoms with Gasteiger partial charge < -0.3 is 10.0 Å². The van der Waals surface area contributed by atoms with Crippen molar-refractivity contribution in [1.82, 2.24) is 4.90 Å². The van der Waals surface area contributed by atoms with Gasteiger partial charge in [0.15, 0.2) is 0 Å². The molecule has 1 amide bonds. The number of aliphatic hydroxyl groups is 1. The Balaban J connectivity index is 2.73. The van der Waals surface area contributed by atoms with Gasteiger partial charge in [-0.25, -0.2) is 0 Å². The van der Waals surface area contributed by atoms with Crippen molar-refractivity contribution in [2.45, 2.75) is 26.4 Å². The number of benzene rings is 1. The molecule has 0 aliphatic heterocycles. The number of carbonyl (C=O) groups is 1. The third-order valence-corrected chi connectivity index (χ3v) is 3.23. The molecule has 0 heterocycles. The van der Waals surface area contributed by atoms with Crippen LogP contribution in [0.1, 0.15) is 25.8 Å². The van der Waals surface area contributed by atoms with E-state index in [1.165, 1.54) is 0 Å². The number of carbonyl (C=O) groups excluding carboxylic acids is 1. The summed E-state index contributed by atoms with van der Waals surface area (Å²) in [6.07, 6.45) is 1.74. The van der Waals surface area contributed by atoms with Gasteiger partial charge in [0.2, 0.25) is 5.91 Å². The summed E-state index contributed by atoms with van der Waals surface area (Å²) < 4.78 is 0. The van der Waals surface area contributed by atoms with E-state index >= 15 is 0 Å². The highest BCUT2D eigenvalue weighted by Gasteiger charge is 2.09. The van der Waals surface area contributed by atoms with Crippen LogP contribution in [0.2, 0.25) is 5.02 Å². The molecule has 0 aliphatic rings. The van der Waals surface area contributed by atoms with E-state index in [4.69, 9.17) is 11.6 Å². The van der Waals surface area contributed by atoms with Crippen LogP contribution in [0.3, 0.4) is 0 Å². The summed E-state index contributed by atoms with van der Waals surface area (Å²) in [4.78, 5) is 13.6. The Hall–Kier alpha value is -1.32. The number of nitrogens with zero attached hydrogens (tertiary/aromatic N) is 1. The first kappa shape index (κ1) is 15.7. The van der Waals surface area contributed by atoms with Crippen molar-refractivity contribution in [3.63, 3.8) is 0 Å². The van der Waals surface area contributed by atoms with Crippen molar-refractivity contribution in [2.75, 3.05) is 13.6 Å². The molecule has 1 N–H and O–H groups in total. The van der Waals surface area contributed by atoms with Gasteiger partial charge in [-0.3, -0.25) is 4.79 Å². The molecule has 4 heteroatoms. The molecule has 3 nitrogen and oxygen atoms in total. The molecule has 19 heavy (non-hydrogen) atoms. The second-order valence-electron chi connectivity index (χ2n) is 4.70. The average molecular weight is 282 g/mol. The van der Waals surface area contributed by atoms with Gasteiger partial charge in [-0.15, -0.1) is 0 Å². The number of rotatable bonds is 5. The number of hydrogen-bond acceptors (Lipinski definition) is 2. The predicted molar refractivity (Wildman–Crippen MR) is 79.0 cm³/mol. The van der Waals surface area contributed by atoms with Gasteiger partial charge in [-0.2, -0.15) is 0 Å².